The second-order valence-electron chi connectivity index (χ2n) is 4.84. The molecule has 1 aromatic rings. The van der Waals surface area contributed by atoms with Crippen LogP contribution in [0, 0.1) is 0 Å². The molecule has 0 spiro atoms. The molecule has 0 saturated carbocycles. The first-order valence-electron chi connectivity index (χ1n) is 6.53. The fourth-order valence-electron chi connectivity index (χ4n) is 2.39. The van der Waals surface area contributed by atoms with Crippen molar-refractivity contribution < 1.29 is 9.59 Å². The predicted molar refractivity (Wildman–Crippen MR) is 71.5 cm³/mol. The largest absolute Gasteiger partial charge is 0.334 e. The lowest BCUT2D eigenvalue weighted by atomic mass is 10.1. The van der Waals surface area contributed by atoms with Gasteiger partial charge in [-0.3, -0.25) is 19.5 Å². The van der Waals surface area contributed by atoms with E-state index >= 15 is 0 Å². The van der Waals surface area contributed by atoms with Crippen molar-refractivity contribution in [2.24, 2.45) is 0 Å². The standard InChI is InChI=1S/C14H19N3O2/c1-11(13-3-5-15-6-4-13)16-7-9-17(10-8-16)14(19)12(2)18/h3-6,11H,7-10H2,1-2H3. The van der Waals surface area contributed by atoms with Crippen LogP contribution in [-0.2, 0) is 9.59 Å². The second-order valence-corrected chi connectivity index (χ2v) is 4.84. The van der Waals surface area contributed by atoms with E-state index in [2.05, 4.69) is 16.8 Å². The van der Waals surface area contributed by atoms with Crippen LogP contribution in [0.25, 0.3) is 0 Å². The molecule has 2 rings (SSSR count). The van der Waals surface area contributed by atoms with Crippen LogP contribution in [0.3, 0.4) is 0 Å². The number of aromatic nitrogens is 1. The molecule has 1 unspecified atom stereocenters. The number of ketones is 1. The highest BCUT2D eigenvalue weighted by atomic mass is 16.2. The molecule has 1 fully saturated rings. The van der Waals surface area contributed by atoms with E-state index in [0.717, 1.165) is 13.1 Å². The summed E-state index contributed by atoms with van der Waals surface area (Å²) >= 11 is 0. The van der Waals surface area contributed by atoms with Crippen molar-refractivity contribution in [1.29, 1.82) is 0 Å². The van der Waals surface area contributed by atoms with Gasteiger partial charge in [-0.2, -0.15) is 0 Å². The van der Waals surface area contributed by atoms with E-state index < -0.39 is 0 Å². The van der Waals surface area contributed by atoms with Crippen molar-refractivity contribution >= 4 is 11.7 Å². The molecule has 0 radical (unpaired) electrons. The Bertz CT molecular complexity index is 453. The lowest BCUT2D eigenvalue weighted by molar-refractivity contribution is -0.145. The van der Waals surface area contributed by atoms with Crippen LogP contribution in [0.5, 0.6) is 0 Å². The maximum absolute atomic E-state index is 11.6. The molecule has 102 valence electrons. The topological polar surface area (TPSA) is 53.5 Å². The summed E-state index contributed by atoms with van der Waals surface area (Å²) in [5, 5.41) is 0. The highest BCUT2D eigenvalue weighted by Gasteiger charge is 2.26. The minimum atomic E-state index is -0.379. The zero-order valence-electron chi connectivity index (χ0n) is 11.4. The number of nitrogens with zero attached hydrogens (tertiary/aromatic N) is 3. The average Bonchev–Trinajstić information content (AvgIpc) is 2.46. The Hall–Kier alpha value is -1.75. The molecule has 1 amide bonds. The minimum Gasteiger partial charge on any atom is -0.334 e. The van der Waals surface area contributed by atoms with Gasteiger partial charge in [-0.25, -0.2) is 0 Å². The Balaban J connectivity index is 1.93. The molecule has 1 saturated heterocycles. The normalized spacial score (nSPS) is 18.1. The molecule has 2 heterocycles. The Morgan fingerprint density at radius 1 is 1.16 bits per heavy atom. The van der Waals surface area contributed by atoms with Crippen molar-refractivity contribution in [2.45, 2.75) is 19.9 Å². The van der Waals surface area contributed by atoms with E-state index in [1.165, 1.54) is 12.5 Å². The zero-order chi connectivity index (χ0) is 13.8. The molecule has 0 aliphatic carbocycles. The molecule has 19 heavy (non-hydrogen) atoms. The van der Waals surface area contributed by atoms with Crippen LogP contribution in [-0.4, -0.2) is 52.7 Å². The fraction of sp³-hybridized carbons (Fsp3) is 0.500. The Labute approximate surface area is 113 Å². The molecule has 1 aliphatic heterocycles. The molecule has 5 nitrogen and oxygen atoms in total. The SMILES string of the molecule is CC(=O)C(=O)N1CCN(C(C)c2ccncc2)CC1. The number of pyridine rings is 1. The van der Waals surface area contributed by atoms with Gasteiger partial charge in [-0.15, -0.1) is 0 Å². The fourth-order valence-corrected chi connectivity index (χ4v) is 2.39. The smallest absolute Gasteiger partial charge is 0.289 e. The molecular weight excluding hydrogens is 242 g/mol. The number of carbonyl (C=O) groups is 2. The van der Waals surface area contributed by atoms with E-state index in [1.54, 1.807) is 17.3 Å². The van der Waals surface area contributed by atoms with Gasteiger partial charge in [0.25, 0.3) is 5.91 Å². The summed E-state index contributed by atoms with van der Waals surface area (Å²) in [5.74, 6) is -0.744. The number of Topliss-reactive ketones (excluding diaryl/α,β-unsaturated/α-hetero) is 1. The van der Waals surface area contributed by atoms with Gasteiger partial charge in [0.05, 0.1) is 0 Å². The number of piperazine rings is 1. The van der Waals surface area contributed by atoms with E-state index in [-0.39, 0.29) is 11.7 Å². The Kier molecular flexibility index (Phi) is 4.27. The maximum Gasteiger partial charge on any atom is 0.289 e. The van der Waals surface area contributed by atoms with Crippen molar-refractivity contribution in [3.8, 4) is 0 Å². The van der Waals surface area contributed by atoms with Crippen LogP contribution in [0.15, 0.2) is 24.5 Å². The van der Waals surface area contributed by atoms with Gasteiger partial charge < -0.3 is 4.90 Å². The minimum absolute atomic E-state index is 0.303. The summed E-state index contributed by atoms with van der Waals surface area (Å²) < 4.78 is 0. The lowest BCUT2D eigenvalue weighted by Gasteiger charge is -2.37. The first-order chi connectivity index (χ1) is 9.09. The van der Waals surface area contributed by atoms with Gasteiger partial charge in [-0.05, 0) is 24.6 Å². The zero-order valence-corrected chi connectivity index (χ0v) is 11.4. The lowest BCUT2D eigenvalue weighted by Crippen LogP contribution is -2.50. The van der Waals surface area contributed by atoms with E-state index in [4.69, 9.17) is 0 Å². The van der Waals surface area contributed by atoms with Crippen LogP contribution in [0.1, 0.15) is 25.5 Å². The van der Waals surface area contributed by atoms with Crippen LogP contribution < -0.4 is 0 Å². The number of amides is 1. The summed E-state index contributed by atoms with van der Waals surface area (Å²) in [4.78, 5) is 30.6. The first-order valence-corrected chi connectivity index (χ1v) is 6.53. The van der Waals surface area contributed by atoms with Gasteiger partial charge >= 0.3 is 0 Å². The van der Waals surface area contributed by atoms with Crippen LogP contribution >= 0.6 is 0 Å². The molecule has 0 aromatic carbocycles. The van der Waals surface area contributed by atoms with Gasteiger partial charge in [0.2, 0.25) is 5.78 Å². The third-order valence-corrected chi connectivity index (χ3v) is 3.64. The molecule has 1 atom stereocenters. The van der Waals surface area contributed by atoms with Gasteiger partial charge in [0.1, 0.15) is 0 Å². The Morgan fingerprint density at radius 3 is 2.26 bits per heavy atom. The molecule has 0 N–H and O–H groups in total. The summed E-state index contributed by atoms with van der Waals surface area (Å²) in [6.07, 6.45) is 3.59. The summed E-state index contributed by atoms with van der Waals surface area (Å²) in [6.45, 7) is 6.30. The maximum atomic E-state index is 11.6. The average molecular weight is 261 g/mol. The predicted octanol–water partition coefficient (Wildman–Crippen LogP) is 0.876. The molecule has 1 aliphatic rings. The van der Waals surface area contributed by atoms with Crippen molar-refractivity contribution in [3.63, 3.8) is 0 Å². The molecule has 1 aromatic heterocycles. The summed E-state index contributed by atoms with van der Waals surface area (Å²) in [6, 6.07) is 4.33. The number of carbonyl (C=O) groups excluding carboxylic acids is 2. The van der Waals surface area contributed by atoms with Gasteiger partial charge in [-0.1, -0.05) is 0 Å². The van der Waals surface area contributed by atoms with Crippen LogP contribution in [0.2, 0.25) is 0 Å². The third kappa shape index (κ3) is 3.17. The quantitative estimate of drug-likeness (QED) is 0.758. The van der Waals surface area contributed by atoms with Gasteiger partial charge in [0.15, 0.2) is 0 Å². The highest BCUT2D eigenvalue weighted by Crippen LogP contribution is 2.20. The van der Waals surface area contributed by atoms with E-state index in [0.29, 0.717) is 19.1 Å². The summed E-state index contributed by atoms with van der Waals surface area (Å²) in [7, 11) is 0. The van der Waals surface area contributed by atoms with Crippen molar-refractivity contribution in [3.05, 3.63) is 30.1 Å². The van der Waals surface area contributed by atoms with Crippen molar-refractivity contribution in [1.82, 2.24) is 14.8 Å². The molecule has 0 bridgehead atoms. The number of hydrogen-bond donors (Lipinski definition) is 0. The Morgan fingerprint density at radius 2 is 1.74 bits per heavy atom. The number of rotatable bonds is 3. The first kappa shape index (κ1) is 13.7. The van der Waals surface area contributed by atoms with Crippen molar-refractivity contribution in [2.75, 3.05) is 26.2 Å². The van der Waals surface area contributed by atoms with Crippen LogP contribution in [0.4, 0.5) is 0 Å². The number of hydrogen-bond acceptors (Lipinski definition) is 4. The monoisotopic (exact) mass is 261 g/mol. The van der Waals surface area contributed by atoms with E-state index in [9.17, 15) is 9.59 Å². The van der Waals surface area contributed by atoms with E-state index in [1.807, 2.05) is 12.1 Å². The molecular formula is C14H19N3O2. The highest BCUT2D eigenvalue weighted by molar-refractivity contribution is 6.35. The third-order valence-electron chi connectivity index (χ3n) is 3.64. The summed E-state index contributed by atoms with van der Waals surface area (Å²) in [5.41, 5.74) is 1.22. The molecule has 5 heteroatoms. The second kappa shape index (κ2) is 5.93. The van der Waals surface area contributed by atoms with Gasteiger partial charge in [0, 0.05) is 51.5 Å².